The van der Waals surface area contributed by atoms with Crippen LogP contribution in [-0.4, -0.2) is 20.1 Å². The molecule has 1 saturated carbocycles. The Hall–Kier alpha value is -2.36. The fourth-order valence-electron chi connectivity index (χ4n) is 3.63. The van der Waals surface area contributed by atoms with E-state index in [9.17, 15) is 5.11 Å². The van der Waals surface area contributed by atoms with Gasteiger partial charge in [0.15, 0.2) is 0 Å². The fourth-order valence-corrected chi connectivity index (χ4v) is 3.63. The molecule has 4 rings (SSSR count). The van der Waals surface area contributed by atoms with Crippen LogP contribution in [0, 0.1) is 6.92 Å². The maximum absolute atomic E-state index is 10.8. The molecule has 3 aromatic rings. The van der Waals surface area contributed by atoms with Gasteiger partial charge in [0, 0.05) is 0 Å². The van der Waals surface area contributed by atoms with E-state index in [0.717, 1.165) is 35.0 Å². The Morgan fingerprint density at radius 3 is 2.30 bits per heavy atom. The molecule has 4 nitrogen and oxygen atoms in total. The zero-order valence-electron chi connectivity index (χ0n) is 13.4. The van der Waals surface area contributed by atoms with E-state index in [0.29, 0.717) is 17.4 Å². The van der Waals surface area contributed by atoms with Crippen molar-refractivity contribution < 1.29 is 5.11 Å². The zero-order chi connectivity index (χ0) is 15.8. The lowest BCUT2D eigenvalue weighted by Crippen LogP contribution is -2.08. The molecule has 1 N–H and O–H groups in total. The molecule has 0 radical (unpaired) electrons. The highest BCUT2D eigenvalue weighted by molar-refractivity contribution is 5.73. The predicted molar refractivity (Wildman–Crippen MR) is 91.1 cm³/mol. The number of aromatic hydroxyl groups is 1. The van der Waals surface area contributed by atoms with Crippen LogP contribution in [0.1, 0.15) is 49.1 Å². The van der Waals surface area contributed by atoms with E-state index in [1.165, 1.54) is 19.3 Å². The first kappa shape index (κ1) is 14.2. The molecule has 2 aromatic carbocycles. The lowest BCUT2D eigenvalue weighted by atomic mass is 9.83. The Kier molecular flexibility index (Phi) is 3.52. The molecule has 1 aliphatic rings. The summed E-state index contributed by atoms with van der Waals surface area (Å²) in [5.74, 6) is 0.787. The molecule has 4 heteroatoms. The van der Waals surface area contributed by atoms with E-state index in [2.05, 4.69) is 23.2 Å². The van der Waals surface area contributed by atoms with E-state index in [1.807, 2.05) is 30.3 Å². The van der Waals surface area contributed by atoms with Crippen LogP contribution in [0.2, 0.25) is 0 Å². The van der Waals surface area contributed by atoms with Crippen molar-refractivity contribution >= 4 is 11.0 Å². The first-order chi connectivity index (χ1) is 11.2. The number of nitrogens with zero attached hydrogens (tertiary/aromatic N) is 3. The van der Waals surface area contributed by atoms with Gasteiger partial charge in [0.2, 0.25) is 0 Å². The van der Waals surface area contributed by atoms with Gasteiger partial charge in [-0.05, 0) is 55.0 Å². The van der Waals surface area contributed by atoms with Gasteiger partial charge in [-0.15, -0.1) is 15.0 Å². The third kappa shape index (κ3) is 2.58. The van der Waals surface area contributed by atoms with Crippen LogP contribution in [0.15, 0.2) is 36.4 Å². The molecule has 0 bridgehead atoms. The van der Waals surface area contributed by atoms with Crippen LogP contribution in [0.3, 0.4) is 0 Å². The van der Waals surface area contributed by atoms with Crippen molar-refractivity contribution in [3.05, 3.63) is 47.5 Å². The molecule has 1 heterocycles. The quantitative estimate of drug-likeness (QED) is 0.759. The monoisotopic (exact) mass is 307 g/mol. The summed E-state index contributed by atoms with van der Waals surface area (Å²) in [5.41, 5.74) is 4.56. The number of phenols is 1. The zero-order valence-corrected chi connectivity index (χ0v) is 13.4. The van der Waals surface area contributed by atoms with Crippen molar-refractivity contribution in [3.63, 3.8) is 0 Å². The van der Waals surface area contributed by atoms with Crippen LogP contribution < -0.4 is 0 Å². The van der Waals surface area contributed by atoms with E-state index in [4.69, 9.17) is 0 Å². The predicted octanol–water partition coefficient (Wildman–Crippen LogP) is 4.48. The normalized spacial score (nSPS) is 16.0. The summed E-state index contributed by atoms with van der Waals surface area (Å²) in [7, 11) is 0. The largest absolute Gasteiger partial charge is 0.505 e. The third-order valence-corrected chi connectivity index (χ3v) is 4.81. The standard InChI is InChI=1S/C19H21N3O/c1-13-11-15(14-7-3-2-4-8-14)19(23)18(12-13)22-20-16-9-5-6-10-17(16)21-22/h5-6,9-12,14,23H,2-4,7-8H2,1H3. The first-order valence-corrected chi connectivity index (χ1v) is 8.38. The van der Waals surface area contributed by atoms with Gasteiger partial charge in [-0.1, -0.05) is 37.5 Å². The minimum absolute atomic E-state index is 0.336. The molecule has 23 heavy (non-hydrogen) atoms. The highest BCUT2D eigenvalue weighted by atomic mass is 16.3. The Morgan fingerprint density at radius 2 is 1.65 bits per heavy atom. The molecule has 0 spiro atoms. The fraction of sp³-hybridized carbons (Fsp3) is 0.368. The van der Waals surface area contributed by atoms with Gasteiger partial charge in [0.25, 0.3) is 0 Å². The summed E-state index contributed by atoms with van der Waals surface area (Å²) in [6.45, 7) is 2.07. The van der Waals surface area contributed by atoms with Crippen molar-refractivity contribution in [3.8, 4) is 11.4 Å². The van der Waals surface area contributed by atoms with Crippen molar-refractivity contribution in [1.29, 1.82) is 0 Å². The second-order valence-corrected chi connectivity index (χ2v) is 6.53. The number of phenolic OH excluding ortho intramolecular Hbond substituents is 1. The number of benzene rings is 2. The van der Waals surface area contributed by atoms with Gasteiger partial charge in [-0.25, -0.2) is 0 Å². The number of aromatic nitrogens is 3. The minimum Gasteiger partial charge on any atom is -0.505 e. The highest BCUT2D eigenvalue weighted by Gasteiger charge is 2.22. The molecule has 0 aliphatic heterocycles. The summed E-state index contributed by atoms with van der Waals surface area (Å²) in [5, 5.41) is 19.9. The summed E-state index contributed by atoms with van der Waals surface area (Å²) >= 11 is 0. The van der Waals surface area contributed by atoms with Gasteiger partial charge < -0.3 is 5.11 Å². The summed E-state index contributed by atoms with van der Waals surface area (Å²) in [6.07, 6.45) is 6.12. The number of hydrogen-bond acceptors (Lipinski definition) is 3. The molecule has 0 saturated heterocycles. The molecular weight excluding hydrogens is 286 g/mol. The Balaban J connectivity index is 1.83. The maximum Gasteiger partial charge on any atom is 0.146 e. The highest BCUT2D eigenvalue weighted by Crippen LogP contribution is 2.40. The van der Waals surface area contributed by atoms with E-state index in [1.54, 1.807) is 4.80 Å². The lowest BCUT2D eigenvalue weighted by Gasteiger charge is -2.24. The average Bonchev–Trinajstić information content (AvgIpc) is 3.01. The Morgan fingerprint density at radius 1 is 1.00 bits per heavy atom. The number of aryl methyl sites for hydroxylation is 1. The molecule has 0 amide bonds. The summed E-state index contributed by atoms with van der Waals surface area (Å²) in [4.78, 5) is 1.57. The van der Waals surface area contributed by atoms with Gasteiger partial charge in [-0.3, -0.25) is 0 Å². The number of hydrogen-bond donors (Lipinski definition) is 1. The van der Waals surface area contributed by atoms with Gasteiger partial charge >= 0.3 is 0 Å². The third-order valence-electron chi connectivity index (χ3n) is 4.81. The van der Waals surface area contributed by atoms with Crippen molar-refractivity contribution in [2.24, 2.45) is 0 Å². The Bertz CT molecular complexity index is 814. The van der Waals surface area contributed by atoms with Crippen LogP contribution in [0.25, 0.3) is 16.7 Å². The van der Waals surface area contributed by atoms with E-state index < -0.39 is 0 Å². The Labute approximate surface area is 135 Å². The first-order valence-electron chi connectivity index (χ1n) is 8.38. The molecular formula is C19H21N3O. The topological polar surface area (TPSA) is 50.9 Å². The van der Waals surface area contributed by atoms with Crippen molar-refractivity contribution in [2.45, 2.75) is 44.9 Å². The van der Waals surface area contributed by atoms with Crippen molar-refractivity contribution in [2.75, 3.05) is 0 Å². The van der Waals surface area contributed by atoms with E-state index in [-0.39, 0.29) is 0 Å². The average molecular weight is 307 g/mol. The number of fused-ring (bicyclic) bond motifs is 1. The summed E-state index contributed by atoms with van der Waals surface area (Å²) in [6, 6.07) is 11.9. The van der Waals surface area contributed by atoms with Gasteiger partial charge in [-0.2, -0.15) is 0 Å². The SMILES string of the molecule is Cc1cc(C2CCCCC2)c(O)c(-n2nc3ccccc3n2)c1. The van der Waals surface area contributed by atoms with Gasteiger partial charge in [0.05, 0.1) is 0 Å². The molecule has 0 unspecified atom stereocenters. The maximum atomic E-state index is 10.8. The van der Waals surface area contributed by atoms with Gasteiger partial charge in [0.1, 0.15) is 22.5 Å². The molecule has 1 aromatic heterocycles. The molecule has 1 fully saturated rings. The molecule has 0 atom stereocenters. The second-order valence-electron chi connectivity index (χ2n) is 6.53. The minimum atomic E-state index is 0.336. The van der Waals surface area contributed by atoms with E-state index >= 15 is 0 Å². The van der Waals surface area contributed by atoms with Crippen LogP contribution in [0.4, 0.5) is 0 Å². The second kappa shape index (κ2) is 5.69. The summed E-state index contributed by atoms with van der Waals surface area (Å²) < 4.78 is 0. The van der Waals surface area contributed by atoms with Crippen LogP contribution >= 0.6 is 0 Å². The van der Waals surface area contributed by atoms with Crippen LogP contribution in [0.5, 0.6) is 5.75 Å². The van der Waals surface area contributed by atoms with Crippen molar-refractivity contribution in [1.82, 2.24) is 15.0 Å². The molecule has 1 aliphatic carbocycles. The molecule has 118 valence electrons. The smallest absolute Gasteiger partial charge is 0.146 e. The van der Waals surface area contributed by atoms with Crippen LogP contribution in [-0.2, 0) is 0 Å². The number of rotatable bonds is 2. The lowest BCUT2D eigenvalue weighted by molar-refractivity contribution is 0.411.